The standard InChI is InChI=1S/C12H7F3N4O4/c13-12(14,15)10-17-9(18-23-10)8-2-1-7(22-8)5-21-11(20)19-4-3-16-6-19/h1-4,6H,5H2. The first-order valence-electron chi connectivity index (χ1n) is 6.08. The van der Waals surface area contributed by atoms with Crippen LogP contribution >= 0.6 is 0 Å². The van der Waals surface area contributed by atoms with Crippen LogP contribution in [0.2, 0.25) is 0 Å². The van der Waals surface area contributed by atoms with Gasteiger partial charge in [-0.05, 0) is 12.1 Å². The summed E-state index contributed by atoms with van der Waals surface area (Å²) in [6, 6.07) is 2.76. The quantitative estimate of drug-likeness (QED) is 0.729. The van der Waals surface area contributed by atoms with E-state index in [-0.39, 0.29) is 24.0 Å². The second kappa shape index (κ2) is 5.59. The molecular formula is C12H7F3N4O4. The van der Waals surface area contributed by atoms with Crippen LogP contribution in [0.25, 0.3) is 11.6 Å². The van der Waals surface area contributed by atoms with Crippen LogP contribution in [0, 0.1) is 0 Å². The Morgan fingerprint density at radius 2 is 2.17 bits per heavy atom. The Hall–Kier alpha value is -3.11. The Balaban J connectivity index is 1.66. The zero-order valence-corrected chi connectivity index (χ0v) is 11.1. The number of ether oxygens (including phenoxy) is 1. The normalized spacial score (nSPS) is 11.6. The topological polar surface area (TPSA) is 96.2 Å². The van der Waals surface area contributed by atoms with Gasteiger partial charge in [-0.3, -0.25) is 0 Å². The minimum absolute atomic E-state index is 0.0436. The molecule has 0 atom stereocenters. The third kappa shape index (κ3) is 3.22. The molecule has 0 N–H and O–H groups in total. The van der Waals surface area contributed by atoms with Crippen LogP contribution < -0.4 is 0 Å². The number of nitrogens with zero attached hydrogens (tertiary/aromatic N) is 4. The number of imidazole rings is 1. The van der Waals surface area contributed by atoms with Crippen LogP contribution in [-0.2, 0) is 17.5 Å². The number of carbonyl (C=O) groups is 1. The van der Waals surface area contributed by atoms with Gasteiger partial charge in [0.05, 0.1) is 0 Å². The molecule has 0 spiro atoms. The summed E-state index contributed by atoms with van der Waals surface area (Å²) in [4.78, 5) is 18.4. The molecule has 3 aromatic rings. The highest BCUT2D eigenvalue weighted by Gasteiger charge is 2.38. The Kier molecular flexibility index (Phi) is 3.60. The van der Waals surface area contributed by atoms with Crippen molar-refractivity contribution in [2.45, 2.75) is 12.8 Å². The van der Waals surface area contributed by atoms with Crippen molar-refractivity contribution >= 4 is 6.09 Å². The second-order valence-electron chi connectivity index (χ2n) is 4.21. The van der Waals surface area contributed by atoms with E-state index < -0.39 is 18.2 Å². The summed E-state index contributed by atoms with van der Waals surface area (Å²) < 4.78 is 52.5. The highest BCUT2D eigenvalue weighted by molar-refractivity contribution is 5.69. The van der Waals surface area contributed by atoms with Crippen molar-refractivity contribution in [3.8, 4) is 11.6 Å². The minimum Gasteiger partial charge on any atom is -0.454 e. The molecule has 0 radical (unpaired) electrons. The summed E-state index contributed by atoms with van der Waals surface area (Å²) in [5.74, 6) is -1.67. The van der Waals surface area contributed by atoms with E-state index in [4.69, 9.17) is 9.15 Å². The van der Waals surface area contributed by atoms with Crippen LogP contribution in [0.4, 0.5) is 18.0 Å². The maximum absolute atomic E-state index is 12.4. The second-order valence-corrected chi connectivity index (χ2v) is 4.21. The average molecular weight is 328 g/mol. The SMILES string of the molecule is O=C(OCc1ccc(-c2noc(C(F)(F)F)n2)o1)n1ccnc1. The molecule has 3 heterocycles. The summed E-state index contributed by atoms with van der Waals surface area (Å²) >= 11 is 0. The summed E-state index contributed by atoms with van der Waals surface area (Å²) in [6.45, 7) is -0.221. The number of alkyl halides is 3. The zero-order valence-electron chi connectivity index (χ0n) is 11.1. The molecule has 3 rings (SSSR count). The number of hydrogen-bond acceptors (Lipinski definition) is 7. The lowest BCUT2D eigenvalue weighted by Gasteiger charge is -2.01. The van der Waals surface area contributed by atoms with Gasteiger partial charge in [-0.2, -0.15) is 18.2 Å². The maximum Gasteiger partial charge on any atom is 0.471 e. The summed E-state index contributed by atoms with van der Waals surface area (Å²) in [5, 5.41) is 3.18. The van der Waals surface area contributed by atoms with Gasteiger partial charge in [0.1, 0.15) is 12.1 Å². The van der Waals surface area contributed by atoms with Crippen LogP contribution in [0.15, 0.2) is 39.8 Å². The molecule has 0 aromatic carbocycles. The highest BCUT2D eigenvalue weighted by Crippen LogP contribution is 2.29. The monoisotopic (exact) mass is 328 g/mol. The molecule has 0 bridgehead atoms. The third-order valence-electron chi connectivity index (χ3n) is 2.60. The van der Waals surface area contributed by atoms with Crippen LogP contribution in [0.3, 0.4) is 0 Å². The van der Waals surface area contributed by atoms with Crippen LogP contribution in [0.1, 0.15) is 11.7 Å². The van der Waals surface area contributed by atoms with Gasteiger partial charge < -0.3 is 13.7 Å². The van der Waals surface area contributed by atoms with E-state index in [0.717, 1.165) is 4.57 Å². The van der Waals surface area contributed by atoms with Gasteiger partial charge in [0.25, 0.3) is 0 Å². The van der Waals surface area contributed by atoms with Gasteiger partial charge in [-0.1, -0.05) is 5.16 Å². The van der Waals surface area contributed by atoms with Crippen molar-refractivity contribution < 1.29 is 31.6 Å². The highest BCUT2D eigenvalue weighted by atomic mass is 19.4. The smallest absolute Gasteiger partial charge is 0.454 e. The average Bonchev–Trinajstić information content (AvgIpc) is 3.22. The van der Waals surface area contributed by atoms with Gasteiger partial charge in [0, 0.05) is 12.4 Å². The van der Waals surface area contributed by atoms with Crippen molar-refractivity contribution in [3.05, 3.63) is 42.5 Å². The number of rotatable bonds is 3. The van der Waals surface area contributed by atoms with Gasteiger partial charge >= 0.3 is 18.2 Å². The molecular weight excluding hydrogens is 321 g/mol. The van der Waals surface area contributed by atoms with E-state index >= 15 is 0 Å². The first-order valence-corrected chi connectivity index (χ1v) is 6.08. The first-order chi connectivity index (χ1) is 10.9. The first kappa shape index (κ1) is 14.8. The molecule has 0 unspecified atom stereocenters. The molecule has 0 aliphatic rings. The van der Waals surface area contributed by atoms with E-state index in [1.807, 2.05) is 0 Å². The Labute approximate surface area is 125 Å². The van der Waals surface area contributed by atoms with Crippen molar-refractivity contribution in [2.24, 2.45) is 0 Å². The molecule has 23 heavy (non-hydrogen) atoms. The van der Waals surface area contributed by atoms with Crippen molar-refractivity contribution in [1.82, 2.24) is 19.7 Å². The Morgan fingerprint density at radius 1 is 1.35 bits per heavy atom. The molecule has 0 amide bonds. The lowest BCUT2D eigenvalue weighted by Crippen LogP contribution is -2.11. The fourth-order valence-corrected chi connectivity index (χ4v) is 1.59. The lowest BCUT2D eigenvalue weighted by atomic mass is 10.4. The van der Waals surface area contributed by atoms with E-state index in [2.05, 4.69) is 19.6 Å². The number of halogens is 3. The third-order valence-corrected chi connectivity index (χ3v) is 2.60. The molecule has 120 valence electrons. The number of carbonyl (C=O) groups excluding carboxylic acids is 1. The molecule has 0 saturated carbocycles. The van der Waals surface area contributed by atoms with Crippen molar-refractivity contribution in [3.63, 3.8) is 0 Å². The molecule has 3 aromatic heterocycles. The number of aromatic nitrogens is 4. The number of furan rings is 1. The molecule has 8 nitrogen and oxygen atoms in total. The van der Waals surface area contributed by atoms with Crippen LogP contribution in [0.5, 0.6) is 0 Å². The van der Waals surface area contributed by atoms with Crippen molar-refractivity contribution in [1.29, 1.82) is 0 Å². The van der Waals surface area contributed by atoms with E-state index in [1.165, 1.54) is 30.9 Å². The maximum atomic E-state index is 12.4. The largest absolute Gasteiger partial charge is 0.471 e. The van der Waals surface area contributed by atoms with Gasteiger partial charge in [0.15, 0.2) is 12.4 Å². The lowest BCUT2D eigenvalue weighted by molar-refractivity contribution is -0.159. The van der Waals surface area contributed by atoms with Gasteiger partial charge in [-0.15, -0.1) is 0 Å². The Morgan fingerprint density at radius 3 is 2.83 bits per heavy atom. The minimum atomic E-state index is -4.74. The van der Waals surface area contributed by atoms with E-state index in [1.54, 1.807) is 0 Å². The fourth-order valence-electron chi connectivity index (χ4n) is 1.59. The van der Waals surface area contributed by atoms with Crippen molar-refractivity contribution in [2.75, 3.05) is 0 Å². The number of hydrogen-bond donors (Lipinski definition) is 0. The predicted molar refractivity (Wildman–Crippen MR) is 64.8 cm³/mol. The molecule has 0 saturated heterocycles. The van der Waals surface area contributed by atoms with E-state index in [9.17, 15) is 18.0 Å². The predicted octanol–water partition coefficient (Wildman–Crippen LogP) is 2.73. The zero-order chi connectivity index (χ0) is 16.4. The molecule has 0 aliphatic heterocycles. The summed E-state index contributed by atoms with van der Waals surface area (Å²) in [5.41, 5.74) is 0. The molecule has 0 aliphatic carbocycles. The van der Waals surface area contributed by atoms with Gasteiger partial charge in [0.2, 0.25) is 5.82 Å². The van der Waals surface area contributed by atoms with Gasteiger partial charge in [-0.25, -0.2) is 14.3 Å². The Bertz CT molecular complexity index is 807. The van der Waals surface area contributed by atoms with E-state index in [0.29, 0.717) is 0 Å². The molecule has 11 heteroatoms. The molecule has 0 fully saturated rings. The summed E-state index contributed by atoms with van der Waals surface area (Å²) in [7, 11) is 0. The fraction of sp³-hybridized carbons (Fsp3) is 0.167. The van der Waals surface area contributed by atoms with Crippen LogP contribution in [-0.4, -0.2) is 25.8 Å². The summed E-state index contributed by atoms with van der Waals surface area (Å²) in [6.07, 6.45) is -1.36.